The van der Waals surface area contributed by atoms with Crippen LogP contribution in [-0.4, -0.2) is 33.5 Å². The maximum atomic E-state index is 10.8. The molecule has 1 heterocycles. The van der Waals surface area contributed by atoms with Crippen molar-refractivity contribution < 1.29 is 14.6 Å². The van der Waals surface area contributed by atoms with Gasteiger partial charge in [-0.1, -0.05) is 18.7 Å². The highest BCUT2D eigenvalue weighted by molar-refractivity contribution is 7.99. The van der Waals surface area contributed by atoms with Crippen LogP contribution in [0.1, 0.15) is 19.8 Å². The summed E-state index contributed by atoms with van der Waals surface area (Å²) in [7, 11) is 1.63. The van der Waals surface area contributed by atoms with E-state index < -0.39 is 5.97 Å². The minimum atomic E-state index is -0.825. The van der Waals surface area contributed by atoms with E-state index >= 15 is 0 Å². The highest BCUT2D eigenvalue weighted by Crippen LogP contribution is 2.47. The van der Waals surface area contributed by atoms with Crippen molar-refractivity contribution >= 4 is 28.8 Å². The molecule has 0 atom stereocenters. The van der Waals surface area contributed by atoms with Gasteiger partial charge in [-0.2, -0.15) is 0 Å². The van der Waals surface area contributed by atoms with Gasteiger partial charge in [0.15, 0.2) is 5.16 Å². The lowest BCUT2D eigenvalue weighted by molar-refractivity contribution is -0.133. The van der Waals surface area contributed by atoms with Gasteiger partial charge >= 0.3 is 5.97 Å². The molecule has 0 saturated heterocycles. The molecule has 1 N–H and O–H groups in total. The fourth-order valence-electron chi connectivity index (χ4n) is 2.36. The van der Waals surface area contributed by atoms with Crippen LogP contribution < -0.4 is 4.74 Å². The predicted molar refractivity (Wildman–Crippen MR) is 82.0 cm³/mol. The summed E-state index contributed by atoms with van der Waals surface area (Å²) in [5.41, 5.74) is 2.22. The minimum Gasteiger partial charge on any atom is -0.497 e. The monoisotopic (exact) mass is 306 g/mol. The third kappa shape index (κ3) is 3.00. The van der Waals surface area contributed by atoms with Crippen molar-refractivity contribution in [1.29, 1.82) is 0 Å². The number of aromatic nitrogens is 2. The number of fused-ring (bicyclic) bond motifs is 1. The van der Waals surface area contributed by atoms with Gasteiger partial charge in [0.05, 0.1) is 23.9 Å². The number of benzene rings is 1. The van der Waals surface area contributed by atoms with Crippen LogP contribution in [0.15, 0.2) is 23.4 Å². The molecule has 0 bridgehead atoms. The quantitative estimate of drug-likeness (QED) is 0.831. The molecular formula is C15H18N2O3S. The first-order valence-electron chi connectivity index (χ1n) is 6.90. The number of carbonyl (C=O) groups is 1. The third-order valence-electron chi connectivity index (χ3n) is 3.89. The Bertz CT molecular complexity index is 692. The molecule has 1 aromatic heterocycles. The van der Waals surface area contributed by atoms with E-state index in [2.05, 4.69) is 16.5 Å². The average Bonchev–Trinajstić information content (AvgIpc) is 3.08. The van der Waals surface area contributed by atoms with Crippen molar-refractivity contribution in [1.82, 2.24) is 9.55 Å². The molecule has 3 rings (SSSR count). The first-order valence-corrected chi connectivity index (χ1v) is 7.88. The van der Waals surface area contributed by atoms with E-state index in [1.54, 1.807) is 7.11 Å². The third-order valence-corrected chi connectivity index (χ3v) is 4.85. The second kappa shape index (κ2) is 5.26. The topological polar surface area (TPSA) is 64.3 Å². The largest absolute Gasteiger partial charge is 0.497 e. The fourth-order valence-corrected chi connectivity index (χ4v) is 3.09. The zero-order valence-electron chi connectivity index (χ0n) is 12.1. The molecule has 1 aliphatic carbocycles. The SMILES string of the molecule is COc1ccc2c(c1)nc(SCC(=O)O)n2CC1(C)CC1. The molecule has 0 amide bonds. The minimum absolute atomic E-state index is 0.0250. The molecule has 2 aromatic rings. The van der Waals surface area contributed by atoms with Crippen LogP contribution in [0.25, 0.3) is 11.0 Å². The Morgan fingerprint density at radius 3 is 2.90 bits per heavy atom. The van der Waals surface area contributed by atoms with Crippen molar-refractivity contribution in [2.24, 2.45) is 5.41 Å². The zero-order chi connectivity index (χ0) is 15.0. The highest BCUT2D eigenvalue weighted by atomic mass is 32.2. The number of rotatable bonds is 6. The van der Waals surface area contributed by atoms with Crippen LogP contribution in [0.4, 0.5) is 0 Å². The molecule has 0 unspecified atom stereocenters. The van der Waals surface area contributed by atoms with Gasteiger partial charge in [0.2, 0.25) is 0 Å². The molecule has 6 heteroatoms. The lowest BCUT2D eigenvalue weighted by Crippen LogP contribution is -2.10. The van der Waals surface area contributed by atoms with E-state index in [9.17, 15) is 4.79 Å². The molecule has 0 aliphatic heterocycles. The van der Waals surface area contributed by atoms with Crippen LogP contribution in [-0.2, 0) is 11.3 Å². The van der Waals surface area contributed by atoms with Crippen LogP contribution in [0.5, 0.6) is 5.75 Å². The molecule has 21 heavy (non-hydrogen) atoms. The highest BCUT2D eigenvalue weighted by Gasteiger charge is 2.38. The van der Waals surface area contributed by atoms with Crippen LogP contribution in [0.2, 0.25) is 0 Å². The molecule has 1 fully saturated rings. The number of carboxylic acids is 1. The van der Waals surface area contributed by atoms with E-state index in [1.807, 2.05) is 18.2 Å². The summed E-state index contributed by atoms with van der Waals surface area (Å²) < 4.78 is 7.38. The second-order valence-electron chi connectivity index (χ2n) is 5.83. The predicted octanol–water partition coefficient (Wildman–Crippen LogP) is 3.02. The summed E-state index contributed by atoms with van der Waals surface area (Å²) in [5.74, 6) is -0.0367. The molecule has 1 aliphatic rings. The smallest absolute Gasteiger partial charge is 0.313 e. The van der Waals surface area contributed by atoms with Gasteiger partial charge in [-0.3, -0.25) is 4.79 Å². The fraction of sp³-hybridized carbons (Fsp3) is 0.467. The van der Waals surface area contributed by atoms with Gasteiger partial charge < -0.3 is 14.4 Å². The Morgan fingerprint density at radius 2 is 2.29 bits per heavy atom. The molecule has 5 nitrogen and oxygen atoms in total. The molecule has 1 aromatic carbocycles. The van der Waals surface area contributed by atoms with Crippen molar-refractivity contribution in [3.05, 3.63) is 18.2 Å². The summed E-state index contributed by atoms with van der Waals surface area (Å²) in [4.78, 5) is 15.4. The van der Waals surface area contributed by atoms with E-state index in [1.165, 1.54) is 24.6 Å². The Labute approximate surface area is 127 Å². The molecule has 0 radical (unpaired) electrons. The van der Waals surface area contributed by atoms with Gasteiger partial charge in [-0.05, 0) is 30.4 Å². The second-order valence-corrected chi connectivity index (χ2v) is 6.77. The Hall–Kier alpha value is -1.69. The summed E-state index contributed by atoms with van der Waals surface area (Å²) in [6.07, 6.45) is 2.43. The van der Waals surface area contributed by atoms with Crippen LogP contribution >= 0.6 is 11.8 Å². The first-order chi connectivity index (χ1) is 10.0. The van der Waals surface area contributed by atoms with Crippen molar-refractivity contribution in [3.63, 3.8) is 0 Å². The number of nitrogens with zero attached hydrogens (tertiary/aromatic N) is 2. The number of hydrogen-bond donors (Lipinski definition) is 1. The summed E-state index contributed by atoms with van der Waals surface area (Å²) in [5, 5.41) is 9.66. The number of hydrogen-bond acceptors (Lipinski definition) is 4. The van der Waals surface area contributed by atoms with E-state index in [0.29, 0.717) is 5.41 Å². The number of carboxylic acid groups (broad SMARTS) is 1. The average molecular weight is 306 g/mol. The summed E-state index contributed by atoms with van der Waals surface area (Å²) >= 11 is 1.27. The Kier molecular flexibility index (Phi) is 3.57. The standard InChI is InChI=1S/C15H18N2O3S/c1-15(5-6-15)9-17-12-4-3-10(20-2)7-11(12)16-14(17)21-8-13(18)19/h3-4,7H,5-6,8-9H2,1-2H3,(H,18,19). The van der Waals surface area contributed by atoms with Crippen LogP contribution in [0.3, 0.4) is 0 Å². The van der Waals surface area contributed by atoms with Crippen molar-refractivity contribution in [2.75, 3.05) is 12.9 Å². The summed E-state index contributed by atoms with van der Waals surface area (Å²) in [6, 6.07) is 5.81. The maximum Gasteiger partial charge on any atom is 0.313 e. The Morgan fingerprint density at radius 1 is 1.52 bits per heavy atom. The van der Waals surface area contributed by atoms with Gasteiger partial charge in [-0.15, -0.1) is 0 Å². The first kappa shape index (κ1) is 14.3. The zero-order valence-corrected chi connectivity index (χ0v) is 12.9. The van der Waals surface area contributed by atoms with E-state index in [0.717, 1.165) is 28.5 Å². The Balaban J connectivity index is 2.00. The van der Waals surface area contributed by atoms with Crippen LogP contribution in [0, 0.1) is 5.41 Å². The maximum absolute atomic E-state index is 10.8. The lowest BCUT2D eigenvalue weighted by atomic mass is 10.1. The lowest BCUT2D eigenvalue weighted by Gasteiger charge is -2.13. The number of thioether (sulfide) groups is 1. The van der Waals surface area contributed by atoms with E-state index in [-0.39, 0.29) is 5.75 Å². The number of aliphatic carboxylic acids is 1. The molecule has 0 spiro atoms. The molecule has 1 saturated carbocycles. The van der Waals surface area contributed by atoms with Gasteiger partial charge in [0.1, 0.15) is 5.75 Å². The van der Waals surface area contributed by atoms with Gasteiger partial charge in [0, 0.05) is 12.6 Å². The van der Waals surface area contributed by atoms with Crippen molar-refractivity contribution in [2.45, 2.75) is 31.5 Å². The molecular weight excluding hydrogens is 288 g/mol. The summed E-state index contributed by atoms with van der Waals surface area (Å²) in [6.45, 7) is 3.14. The van der Waals surface area contributed by atoms with Gasteiger partial charge in [0.25, 0.3) is 0 Å². The van der Waals surface area contributed by atoms with Crippen molar-refractivity contribution in [3.8, 4) is 5.75 Å². The number of imidazole rings is 1. The van der Waals surface area contributed by atoms with Gasteiger partial charge in [-0.25, -0.2) is 4.98 Å². The number of methoxy groups -OCH3 is 1. The van der Waals surface area contributed by atoms with E-state index in [4.69, 9.17) is 9.84 Å². The molecule has 112 valence electrons. The number of ether oxygens (including phenoxy) is 1. The normalized spacial score (nSPS) is 16.1.